The van der Waals surface area contributed by atoms with Crippen LogP contribution in [0.4, 0.5) is 13.2 Å². The lowest BCUT2D eigenvalue weighted by atomic mass is 9.99. The van der Waals surface area contributed by atoms with Gasteiger partial charge in [0.05, 0.1) is 11.1 Å². The molecule has 40 heavy (non-hydrogen) atoms. The fraction of sp³-hybridized carbons (Fsp3) is 0.200. The predicted octanol–water partition coefficient (Wildman–Crippen LogP) is 8.83. The third-order valence-corrected chi connectivity index (χ3v) is 7.35. The van der Waals surface area contributed by atoms with E-state index in [1.54, 1.807) is 11.4 Å². The maximum Gasteiger partial charge on any atom is 0.573 e. The van der Waals surface area contributed by atoms with E-state index in [1.165, 1.54) is 29.5 Å². The van der Waals surface area contributed by atoms with E-state index in [9.17, 15) is 23.1 Å². The molecule has 2 heterocycles. The van der Waals surface area contributed by atoms with Gasteiger partial charge in [0.1, 0.15) is 29.6 Å². The second kappa shape index (κ2) is 10.7. The quantitative estimate of drug-likeness (QED) is 0.202. The molecule has 0 amide bonds. The number of hydrogen-bond acceptors (Lipinski definition) is 6. The Bertz CT molecular complexity index is 1700. The molecule has 6 nitrogen and oxygen atoms in total. The van der Waals surface area contributed by atoms with Gasteiger partial charge in [-0.3, -0.25) is 0 Å². The summed E-state index contributed by atoms with van der Waals surface area (Å²) < 4.78 is 55.8. The largest absolute Gasteiger partial charge is 0.573 e. The molecule has 0 spiro atoms. The van der Waals surface area contributed by atoms with E-state index in [0.717, 1.165) is 21.4 Å². The highest BCUT2D eigenvalue weighted by atomic mass is 32.1. The Balaban J connectivity index is 1.42. The van der Waals surface area contributed by atoms with Crippen LogP contribution in [0.25, 0.3) is 32.5 Å². The summed E-state index contributed by atoms with van der Waals surface area (Å²) in [6.07, 6.45) is -4.86. The van der Waals surface area contributed by atoms with Crippen LogP contribution in [0.2, 0.25) is 0 Å². The molecule has 10 heteroatoms. The van der Waals surface area contributed by atoms with Crippen molar-refractivity contribution in [2.75, 3.05) is 0 Å². The topological polar surface area (TPSA) is 81.8 Å². The van der Waals surface area contributed by atoms with Crippen molar-refractivity contribution in [1.29, 1.82) is 0 Å². The summed E-state index contributed by atoms with van der Waals surface area (Å²) in [5.41, 5.74) is 4.04. The van der Waals surface area contributed by atoms with Crippen molar-refractivity contribution in [2.45, 2.75) is 39.7 Å². The predicted molar refractivity (Wildman–Crippen MR) is 146 cm³/mol. The minimum absolute atomic E-state index is 0.0185. The zero-order valence-corrected chi connectivity index (χ0v) is 22.5. The van der Waals surface area contributed by atoms with E-state index in [2.05, 4.69) is 9.89 Å². The Labute approximate surface area is 231 Å². The van der Waals surface area contributed by atoms with Gasteiger partial charge in [-0.15, -0.1) is 24.5 Å². The number of hydrogen-bond donors (Lipinski definition) is 1. The highest BCUT2D eigenvalue weighted by Crippen LogP contribution is 2.38. The van der Waals surface area contributed by atoms with Crippen molar-refractivity contribution >= 4 is 27.4 Å². The van der Waals surface area contributed by atoms with Crippen LogP contribution in [0.5, 0.6) is 11.5 Å². The van der Waals surface area contributed by atoms with Crippen LogP contribution < -0.4 is 9.47 Å². The Morgan fingerprint density at radius 2 is 1.85 bits per heavy atom. The molecule has 0 atom stereocenters. The third-order valence-electron chi connectivity index (χ3n) is 6.41. The van der Waals surface area contributed by atoms with Crippen LogP contribution in [-0.2, 0) is 6.61 Å². The maximum absolute atomic E-state index is 13.0. The molecule has 1 N–H and O–H groups in total. The molecule has 0 unspecified atom stereocenters. The van der Waals surface area contributed by atoms with Crippen molar-refractivity contribution in [2.24, 2.45) is 0 Å². The van der Waals surface area contributed by atoms with Gasteiger partial charge in [0.2, 0.25) is 0 Å². The number of alkyl halides is 3. The molecule has 206 valence electrons. The fourth-order valence-electron chi connectivity index (χ4n) is 4.57. The number of fused-ring (bicyclic) bond motifs is 1. The maximum atomic E-state index is 13.0. The fourth-order valence-corrected chi connectivity index (χ4v) is 5.54. The van der Waals surface area contributed by atoms with Gasteiger partial charge in [0.25, 0.3) is 0 Å². The molecule has 0 saturated heterocycles. The summed E-state index contributed by atoms with van der Waals surface area (Å²) in [5, 5.41) is 15.8. The van der Waals surface area contributed by atoms with E-state index >= 15 is 0 Å². The number of thiophene rings is 1. The van der Waals surface area contributed by atoms with Crippen molar-refractivity contribution < 1.29 is 37.1 Å². The van der Waals surface area contributed by atoms with Crippen LogP contribution >= 0.6 is 11.3 Å². The molecule has 2 aromatic heterocycles. The summed E-state index contributed by atoms with van der Waals surface area (Å²) in [6.45, 7) is 5.76. The van der Waals surface area contributed by atoms with Crippen molar-refractivity contribution in [3.63, 3.8) is 0 Å². The van der Waals surface area contributed by atoms with Crippen LogP contribution in [0, 0.1) is 6.92 Å². The van der Waals surface area contributed by atoms with Crippen LogP contribution in [0.1, 0.15) is 47.0 Å². The second-order valence-electron chi connectivity index (χ2n) is 9.50. The molecular weight excluding hydrogens is 543 g/mol. The second-order valence-corrected chi connectivity index (χ2v) is 10.4. The summed E-state index contributed by atoms with van der Waals surface area (Å²) in [6, 6.07) is 17.1. The molecule has 0 aliphatic carbocycles. The third kappa shape index (κ3) is 5.53. The molecule has 0 aliphatic rings. The Kier molecular flexibility index (Phi) is 7.29. The smallest absolute Gasteiger partial charge is 0.489 e. The van der Waals surface area contributed by atoms with Gasteiger partial charge < -0.3 is 19.1 Å². The van der Waals surface area contributed by atoms with Gasteiger partial charge in [-0.05, 0) is 53.9 Å². The lowest BCUT2D eigenvalue weighted by molar-refractivity contribution is -0.274. The summed E-state index contributed by atoms with van der Waals surface area (Å²) in [7, 11) is 0. The van der Waals surface area contributed by atoms with Crippen molar-refractivity contribution in [3.05, 3.63) is 88.5 Å². The molecule has 0 bridgehead atoms. The minimum atomic E-state index is -4.86. The molecule has 0 radical (unpaired) electrons. The zero-order chi connectivity index (χ0) is 28.6. The first-order valence-electron chi connectivity index (χ1n) is 12.3. The molecule has 0 aliphatic heterocycles. The first kappa shape index (κ1) is 27.3. The van der Waals surface area contributed by atoms with E-state index in [-0.39, 0.29) is 35.1 Å². The van der Waals surface area contributed by atoms with Gasteiger partial charge in [0.15, 0.2) is 0 Å². The Morgan fingerprint density at radius 3 is 2.55 bits per heavy atom. The van der Waals surface area contributed by atoms with Gasteiger partial charge in [-0.25, -0.2) is 4.79 Å². The minimum Gasteiger partial charge on any atom is -0.489 e. The van der Waals surface area contributed by atoms with Gasteiger partial charge in [-0.1, -0.05) is 49.3 Å². The standard InChI is InChI=1S/C30H24F3NO5S/c1-16(2)28-23(27(34-39-28)22-6-4-5-7-25(22)38-30(31,32)33)14-37-19-9-11-20(17(3)12-19)18-8-10-21-24(29(35)36)15-40-26(21)13-18/h4-13,15-16H,14H2,1-3H3,(H,35,36). The summed E-state index contributed by atoms with van der Waals surface area (Å²) in [4.78, 5) is 11.4. The number of carboxylic acid groups (broad SMARTS) is 1. The van der Waals surface area contributed by atoms with Crippen LogP contribution in [0.15, 0.2) is 70.6 Å². The molecule has 3 aromatic carbocycles. The summed E-state index contributed by atoms with van der Waals surface area (Å²) in [5.74, 6) is -0.347. The summed E-state index contributed by atoms with van der Waals surface area (Å²) >= 11 is 1.38. The molecular formula is C30H24F3NO5S. The van der Waals surface area contributed by atoms with Gasteiger partial charge >= 0.3 is 12.3 Å². The number of nitrogens with zero attached hydrogens (tertiary/aromatic N) is 1. The average Bonchev–Trinajstić information content (AvgIpc) is 3.51. The highest BCUT2D eigenvalue weighted by molar-refractivity contribution is 7.17. The first-order valence-corrected chi connectivity index (χ1v) is 13.2. The SMILES string of the molecule is Cc1cc(OCc2c(-c3ccccc3OC(F)(F)F)noc2C(C)C)ccc1-c1ccc2c(C(=O)O)csc2c1. The highest BCUT2D eigenvalue weighted by Gasteiger charge is 2.33. The van der Waals surface area contributed by atoms with E-state index in [0.29, 0.717) is 22.5 Å². The number of aromatic nitrogens is 1. The lowest BCUT2D eigenvalue weighted by Gasteiger charge is -2.14. The zero-order valence-electron chi connectivity index (χ0n) is 21.7. The van der Waals surface area contributed by atoms with E-state index in [4.69, 9.17) is 9.26 Å². The molecule has 5 rings (SSSR count). The number of aromatic carboxylic acids is 1. The first-order chi connectivity index (χ1) is 19.0. The molecule has 0 fully saturated rings. The van der Waals surface area contributed by atoms with Crippen molar-refractivity contribution in [1.82, 2.24) is 5.16 Å². The lowest BCUT2D eigenvalue weighted by Crippen LogP contribution is -2.17. The van der Waals surface area contributed by atoms with Crippen LogP contribution in [0.3, 0.4) is 0 Å². The van der Waals surface area contributed by atoms with Crippen LogP contribution in [-0.4, -0.2) is 22.6 Å². The number of para-hydroxylation sites is 1. The van der Waals surface area contributed by atoms with E-state index in [1.807, 2.05) is 57.2 Å². The number of benzene rings is 3. The van der Waals surface area contributed by atoms with E-state index < -0.39 is 12.3 Å². The normalized spacial score (nSPS) is 11.8. The number of ether oxygens (including phenoxy) is 2. The molecule has 0 saturated carbocycles. The monoisotopic (exact) mass is 567 g/mol. The number of carboxylic acids is 1. The number of halogens is 3. The van der Waals surface area contributed by atoms with Crippen molar-refractivity contribution in [3.8, 4) is 33.9 Å². The van der Waals surface area contributed by atoms with Gasteiger partial charge in [-0.2, -0.15) is 0 Å². The Hall–Kier alpha value is -4.31. The Morgan fingerprint density at radius 1 is 1.07 bits per heavy atom. The average molecular weight is 568 g/mol. The number of rotatable bonds is 8. The number of aryl methyl sites for hydroxylation is 1. The number of carbonyl (C=O) groups is 1. The molecule has 5 aromatic rings. The van der Waals surface area contributed by atoms with Gasteiger partial charge in [0, 0.05) is 26.9 Å².